The second-order valence-electron chi connectivity index (χ2n) is 4.18. The van der Waals surface area contributed by atoms with Gasteiger partial charge in [0.2, 0.25) is 0 Å². The summed E-state index contributed by atoms with van der Waals surface area (Å²) in [7, 11) is 1.50. The Morgan fingerprint density at radius 1 is 1.10 bits per heavy atom. The lowest BCUT2D eigenvalue weighted by molar-refractivity contribution is 0.0471. The van der Waals surface area contributed by atoms with Crippen LogP contribution in [0.1, 0.15) is 15.9 Å². The molecule has 0 aliphatic heterocycles. The van der Waals surface area contributed by atoms with Gasteiger partial charge in [-0.3, -0.25) is 0 Å². The molecule has 0 spiro atoms. The van der Waals surface area contributed by atoms with Crippen LogP contribution in [0.15, 0.2) is 36.4 Å². The van der Waals surface area contributed by atoms with Gasteiger partial charge in [0.05, 0.1) is 12.7 Å². The summed E-state index contributed by atoms with van der Waals surface area (Å²) >= 11 is 0. The Morgan fingerprint density at radius 3 is 2.38 bits per heavy atom. The number of hydrogen-bond acceptors (Lipinski definition) is 3. The fourth-order valence-corrected chi connectivity index (χ4v) is 1.67. The van der Waals surface area contributed by atoms with Gasteiger partial charge in [0.1, 0.15) is 12.4 Å². The van der Waals surface area contributed by atoms with Gasteiger partial charge in [-0.1, -0.05) is 12.1 Å². The Kier molecular flexibility index (Phi) is 4.47. The Hall–Kier alpha value is -2.50. The summed E-state index contributed by atoms with van der Waals surface area (Å²) in [6.45, 7) is -0.101. The highest BCUT2D eigenvalue weighted by atomic mass is 19.2. The number of carbonyl (C=O) groups is 1. The highest BCUT2D eigenvalue weighted by Crippen LogP contribution is 2.16. The van der Waals surface area contributed by atoms with Crippen molar-refractivity contribution in [2.24, 2.45) is 0 Å². The lowest BCUT2D eigenvalue weighted by Crippen LogP contribution is -2.07. The van der Waals surface area contributed by atoms with Crippen molar-refractivity contribution in [1.29, 1.82) is 0 Å². The van der Waals surface area contributed by atoms with Crippen LogP contribution in [-0.2, 0) is 11.3 Å². The molecular formula is C15H11F3O3. The molecule has 0 bridgehead atoms. The molecule has 0 heterocycles. The highest BCUT2D eigenvalue weighted by molar-refractivity contribution is 5.89. The minimum Gasteiger partial charge on any atom is -0.497 e. The first kappa shape index (κ1) is 14.9. The molecule has 0 unspecified atom stereocenters. The van der Waals surface area contributed by atoms with Crippen molar-refractivity contribution in [3.05, 3.63) is 65.0 Å². The number of rotatable bonds is 4. The van der Waals surface area contributed by atoms with Crippen molar-refractivity contribution >= 4 is 5.97 Å². The van der Waals surface area contributed by atoms with E-state index in [0.717, 1.165) is 0 Å². The number of ether oxygens (including phenoxy) is 2. The largest absolute Gasteiger partial charge is 0.497 e. The van der Waals surface area contributed by atoms with Gasteiger partial charge >= 0.3 is 5.97 Å². The molecule has 110 valence electrons. The quantitative estimate of drug-likeness (QED) is 0.640. The maximum Gasteiger partial charge on any atom is 0.338 e. The Labute approximate surface area is 118 Å². The molecule has 2 aromatic carbocycles. The van der Waals surface area contributed by atoms with Gasteiger partial charge in [-0.2, -0.15) is 0 Å². The summed E-state index contributed by atoms with van der Waals surface area (Å²) in [5.74, 6) is -4.87. The van der Waals surface area contributed by atoms with Crippen LogP contribution in [0.2, 0.25) is 0 Å². The first-order chi connectivity index (χ1) is 10.0. The van der Waals surface area contributed by atoms with Crippen molar-refractivity contribution in [2.45, 2.75) is 6.61 Å². The Morgan fingerprint density at radius 2 is 1.76 bits per heavy atom. The summed E-state index contributed by atoms with van der Waals surface area (Å²) in [4.78, 5) is 11.7. The van der Waals surface area contributed by atoms with Gasteiger partial charge in [-0.15, -0.1) is 0 Å². The number of esters is 1. The fourth-order valence-electron chi connectivity index (χ4n) is 1.67. The van der Waals surface area contributed by atoms with Crippen LogP contribution in [0.25, 0.3) is 0 Å². The van der Waals surface area contributed by atoms with Gasteiger partial charge in [-0.25, -0.2) is 18.0 Å². The van der Waals surface area contributed by atoms with E-state index in [-0.39, 0.29) is 6.61 Å². The molecular weight excluding hydrogens is 285 g/mol. The summed E-state index contributed by atoms with van der Waals surface area (Å²) in [5.41, 5.74) is 0.250. The average molecular weight is 296 g/mol. The zero-order valence-electron chi connectivity index (χ0n) is 11.0. The molecule has 0 atom stereocenters. The zero-order valence-corrected chi connectivity index (χ0v) is 11.0. The van der Waals surface area contributed by atoms with E-state index in [1.807, 2.05) is 0 Å². The van der Waals surface area contributed by atoms with E-state index in [2.05, 4.69) is 0 Å². The van der Waals surface area contributed by atoms with E-state index in [1.165, 1.54) is 7.11 Å². The van der Waals surface area contributed by atoms with E-state index in [9.17, 15) is 18.0 Å². The Bertz CT molecular complexity index is 648. The molecule has 0 aliphatic rings. The molecule has 0 saturated heterocycles. The zero-order chi connectivity index (χ0) is 15.4. The minimum atomic E-state index is -1.63. The molecule has 0 saturated carbocycles. The molecule has 6 heteroatoms. The van der Waals surface area contributed by atoms with Gasteiger partial charge in [-0.05, 0) is 29.8 Å². The predicted molar refractivity (Wildman–Crippen MR) is 68.4 cm³/mol. The van der Waals surface area contributed by atoms with Crippen LogP contribution < -0.4 is 4.74 Å². The van der Waals surface area contributed by atoms with E-state index in [1.54, 1.807) is 24.3 Å². The van der Waals surface area contributed by atoms with Crippen LogP contribution in [0.3, 0.4) is 0 Å². The number of carbonyl (C=O) groups excluding carboxylic acids is 1. The monoisotopic (exact) mass is 296 g/mol. The molecule has 0 radical (unpaired) electrons. The van der Waals surface area contributed by atoms with Crippen molar-refractivity contribution in [3.63, 3.8) is 0 Å². The smallest absolute Gasteiger partial charge is 0.338 e. The first-order valence-electron chi connectivity index (χ1n) is 5.96. The lowest BCUT2D eigenvalue weighted by atomic mass is 10.2. The Balaban J connectivity index is 2.08. The number of hydrogen-bond donors (Lipinski definition) is 0. The van der Waals surface area contributed by atoms with Crippen LogP contribution in [0.5, 0.6) is 5.75 Å². The standard InChI is InChI=1S/C15H11F3O3/c1-20-11-4-2-3-9(5-11)8-21-15(19)10-6-12(16)14(18)13(17)7-10/h2-7H,8H2,1H3. The maximum atomic E-state index is 13.0. The van der Waals surface area contributed by atoms with Crippen LogP contribution >= 0.6 is 0 Å². The summed E-state index contributed by atoms with van der Waals surface area (Å²) < 4.78 is 48.8. The summed E-state index contributed by atoms with van der Waals surface area (Å²) in [5, 5.41) is 0. The highest BCUT2D eigenvalue weighted by Gasteiger charge is 2.16. The van der Waals surface area contributed by atoms with Crippen molar-refractivity contribution < 1.29 is 27.4 Å². The van der Waals surface area contributed by atoms with Crippen LogP contribution in [-0.4, -0.2) is 13.1 Å². The van der Waals surface area contributed by atoms with Crippen molar-refractivity contribution in [2.75, 3.05) is 7.11 Å². The van der Waals surface area contributed by atoms with Gasteiger partial charge < -0.3 is 9.47 Å². The summed E-state index contributed by atoms with van der Waals surface area (Å²) in [6.07, 6.45) is 0. The number of methoxy groups -OCH3 is 1. The van der Waals surface area contributed by atoms with E-state index < -0.39 is 29.0 Å². The third-order valence-electron chi connectivity index (χ3n) is 2.72. The molecule has 0 aromatic heterocycles. The molecule has 0 amide bonds. The molecule has 2 rings (SSSR count). The van der Waals surface area contributed by atoms with Gasteiger partial charge in [0, 0.05) is 0 Å². The normalized spacial score (nSPS) is 10.3. The van der Waals surface area contributed by atoms with Crippen molar-refractivity contribution in [3.8, 4) is 5.75 Å². The number of benzene rings is 2. The van der Waals surface area contributed by atoms with Crippen LogP contribution in [0.4, 0.5) is 13.2 Å². The second-order valence-corrected chi connectivity index (χ2v) is 4.18. The van der Waals surface area contributed by atoms with E-state index >= 15 is 0 Å². The predicted octanol–water partition coefficient (Wildman–Crippen LogP) is 3.47. The average Bonchev–Trinajstić information content (AvgIpc) is 2.50. The molecule has 0 aliphatic carbocycles. The maximum absolute atomic E-state index is 13.0. The molecule has 0 fully saturated rings. The third kappa shape index (κ3) is 3.53. The third-order valence-corrected chi connectivity index (χ3v) is 2.72. The molecule has 0 N–H and O–H groups in total. The van der Waals surface area contributed by atoms with Crippen LogP contribution in [0, 0.1) is 17.5 Å². The fraction of sp³-hybridized carbons (Fsp3) is 0.133. The van der Waals surface area contributed by atoms with Crippen molar-refractivity contribution in [1.82, 2.24) is 0 Å². The lowest BCUT2D eigenvalue weighted by Gasteiger charge is -2.07. The SMILES string of the molecule is COc1cccc(COC(=O)c2cc(F)c(F)c(F)c2)c1. The van der Waals surface area contributed by atoms with E-state index in [0.29, 0.717) is 23.4 Å². The molecule has 3 nitrogen and oxygen atoms in total. The first-order valence-corrected chi connectivity index (χ1v) is 5.96. The molecule has 21 heavy (non-hydrogen) atoms. The van der Waals surface area contributed by atoms with E-state index in [4.69, 9.17) is 9.47 Å². The number of halogens is 3. The second kappa shape index (κ2) is 6.30. The molecule has 2 aromatic rings. The summed E-state index contributed by atoms with van der Waals surface area (Å²) in [6, 6.07) is 7.95. The van der Waals surface area contributed by atoms with Gasteiger partial charge in [0.15, 0.2) is 17.5 Å². The van der Waals surface area contributed by atoms with Gasteiger partial charge in [0.25, 0.3) is 0 Å². The minimum absolute atomic E-state index is 0.101. The topological polar surface area (TPSA) is 35.5 Å².